The van der Waals surface area contributed by atoms with Gasteiger partial charge in [0.15, 0.2) is 0 Å². The number of amides is 3. The van der Waals surface area contributed by atoms with E-state index in [0.29, 0.717) is 17.5 Å². The maximum Gasteiger partial charge on any atom is 0.339 e. The lowest BCUT2D eigenvalue weighted by Gasteiger charge is -2.13. The number of benzene rings is 3. The molecule has 0 unspecified atom stereocenters. The van der Waals surface area contributed by atoms with E-state index < -0.39 is 29.6 Å². The summed E-state index contributed by atoms with van der Waals surface area (Å²) in [4.78, 5) is 52.2. The number of fused-ring (bicyclic) bond motifs is 1. The molecule has 43 heavy (non-hydrogen) atoms. The molecule has 1 N–H and O–H groups in total. The summed E-state index contributed by atoms with van der Waals surface area (Å²) in [7, 11) is 0. The Morgan fingerprint density at radius 1 is 1.07 bits per heavy atom. The molecule has 0 radical (unpaired) electrons. The van der Waals surface area contributed by atoms with Crippen LogP contribution in [-0.4, -0.2) is 45.6 Å². The number of unbranched alkanes of at least 4 members (excludes halogenated alkanes) is 1. The zero-order valence-electron chi connectivity index (χ0n) is 23.1. The second-order valence-electron chi connectivity index (χ2n) is 9.82. The molecule has 3 amide bonds. The van der Waals surface area contributed by atoms with Crippen molar-refractivity contribution in [1.29, 1.82) is 0 Å². The van der Waals surface area contributed by atoms with E-state index in [9.17, 15) is 23.6 Å². The zero-order chi connectivity index (χ0) is 30.5. The second kappa shape index (κ2) is 13.3. The lowest BCUT2D eigenvalue weighted by molar-refractivity contribution is -0.127. The van der Waals surface area contributed by atoms with Gasteiger partial charge in [0.2, 0.25) is 5.91 Å². The van der Waals surface area contributed by atoms with Gasteiger partial charge in [-0.3, -0.25) is 19.3 Å². The molecule has 5 rings (SSSR count). The van der Waals surface area contributed by atoms with Crippen LogP contribution in [0.15, 0.2) is 77.8 Å². The van der Waals surface area contributed by atoms with Gasteiger partial charge in [0.25, 0.3) is 11.1 Å². The number of hydrogen-bond acceptors (Lipinski definition) is 6. The molecule has 1 aliphatic heterocycles. The van der Waals surface area contributed by atoms with Crippen LogP contribution in [0.4, 0.5) is 14.9 Å². The number of hydrogen-bond donors (Lipinski definition) is 1. The molecule has 2 heterocycles. The van der Waals surface area contributed by atoms with Gasteiger partial charge in [-0.2, -0.15) is 0 Å². The quantitative estimate of drug-likeness (QED) is 0.115. The van der Waals surface area contributed by atoms with Gasteiger partial charge in [-0.15, -0.1) is 0 Å². The first-order valence-electron chi connectivity index (χ1n) is 13.6. The number of thioether (sulfide) groups is 1. The fourth-order valence-electron chi connectivity index (χ4n) is 4.60. The minimum absolute atomic E-state index is 0.0961. The zero-order valence-corrected chi connectivity index (χ0v) is 24.7. The van der Waals surface area contributed by atoms with Crippen LogP contribution < -0.4 is 5.32 Å². The summed E-state index contributed by atoms with van der Waals surface area (Å²) in [5, 5.41) is 3.02. The molecule has 1 saturated heterocycles. The molecular formula is C32H27ClFN3O5S. The predicted octanol–water partition coefficient (Wildman–Crippen LogP) is 7.11. The number of nitrogens with one attached hydrogen (secondary N) is 1. The van der Waals surface area contributed by atoms with Crippen molar-refractivity contribution in [2.45, 2.75) is 26.3 Å². The first-order valence-corrected chi connectivity index (χ1v) is 14.8. The van der Waals surface area contributed by atoms with Crippen LogP contribution in [0.2, 0.25) is 5.02 Å². The summed E-state index contributed by atoms with van der Waals surface area (Å²) < 4.78 is 21.4. The molecule has 0 atom stereocenters. The normalized spacial score (nSPS) is 14.1. The molecule has 4 aromatic rings. The van der Waals surface area contributed by atoms with Crippen LogP contribution in [0.5, 0.6) is 0 Å². The summed E-state index contributed by atoms with van der Waals surface area (Å²) in [6.45, 7) is 1.99. The summed E-state index contributed by atoms with van der Waals surface area (Å²) in [5.74, 6) is -2.16. The Morgan fingerprint density at radius 2 is 1.84 bits per heavy atom. The van der Waals surface area contributed by atoms with Crippen LogP contribution in [0.25, 0.3) is 17.0 Å². The minimum Gasteiger partial charge on any atom is -0.462 e. The number of rotatable bonds is 10. The SMILES string of the molecule is CCCCOC(=O)c1cc(NC(=O)CN2C(=O)S/C(=C\c3cn(Cc4ccccc4F)c4ccccc34)C2=O)ccc1Cl. The Kier molecular flexibility index (Phi) is 9.27. The summed E-state index contributed by atoms with van der Waals surface area (Å²) in [5.41, 5.74) is 2.40. The number of carbonyl (C=O) groups excluding carboxylic acids is 4. The van der Waals surface area contributed by atoms with Gasteiger partial charge in [0, 0.05) is 33.9 Å². The molecule has 8 nitrogen and oxygen atoms in total. The maximum atomic E-state index is 14.3. The Hall–Kier alpha value is -4.41. The molecule has 0 spiro atoms. The van der Waals surface area contributed by atoms with Crippen LogP contribution in [0.3, 0.4) is 0 Å². The Labute approximate surface area is 256 Å². The van der Waals surface area contributed by atoms with Crippen molar-refractivity contribution in [3.63, 3.8) is 0 Å². The number of anilines is 1. The van der Waals surface area contributed by atoms with Gasteiger partial charge in [0.1, 0.15) is 12.4 Å². The first kappa shape index (κ1) is 30.1. The molecule has 0 saturated carbocycles. The molecule has 1 fully saturated rings. The number of aromatic nitrogens is 1. The predicted molar refractivity (Wildman–Crippen MR) is 165 cm³/mol. The van der Waals surface area contributed by atoms with Gasteiger partial charge in [-0.05, 0) is 54.6 Å². The summed E-state index contributed by atoms with van der Waals surface area (Å²) >= 11 is 6.88. The highest BCUT2D eigenvalue weighted by atomic mass is 35.5. The Morgan fingerprint density at radius 3 is 2.63 bits per heavy atom. The average molecular weight is 620 g/mol. The van der Waals surface area contributed by atoms with Crippen molar-refractivity contribution in [2.75, 3.05) is 18.5 Å². The van der Waals surface area contributed by atoms with Crippen molar-refractivity contribution >= 4 is 69.1 Å². The molecule has 0 bridgehead atoms. The molecule has 0 aliphatic carbocycles. The average Bonchev–Trinajstić information content (AvgIpc) is 3.46. The lowest BCUT2D eigenvalue weighted by atomic mass is 10.1. The van der Waals surface area contributed by atoms with Gasteiger partial charge < -0.3 is 14.6 Å². The lowest BCUT2D eigenvalue weighted by Crippen LogP contribution is -2.36. The highest BCUT2D eigenvalue weighted by Gasteiger charge is 2.36. The van der Waals surface area contributed by atoms with E-state index in [2.05, 4.69) is 5.32 Å². The Balaban J connectivity index is 1.30. The highest BCUT2D eigenvalue weighted by Crippen LogP contribution is 2.34. The van der Waals surface area contributed by atoms with Crippen LogP contribution in [0.1, 0.15) is 41.3 Å². The number of halogens is 2. The van der Waals surface area contributed by atoms with E-state index in [0.717, 1.165) is 34.0 Å². The van der Waals surface area contributed by atoms with E-state index in [4.69, 9.17) is 16.3 Å². The first-order chi connectivity index (χ1) is 20.7. The third-order valence-corrected chi connectivity index (χ3v) is 8.02. The smallest absolute Gasteiger partial charge is 0.339 e. The van der Waals surface area contributed by atoms with E-state index in [1.54, 1.807) is 24.3 Å². The number of imide groups is 1. The third kappa shape index (κ3) is 6.81. The van der Waals surface area contributed by atoms with Crippen LogP contribution in [0, 0.1) is 5.82 Å². The van der Waals surface area contributed by atoms with E-state index in [1.807, 2.05) is 42.0 Å². The van der Waals surface area contributed by atoms with Crippen molar-refractivity contribution in [1.82, 2.24) is 9.47 Å². The van der Waals surface area contributed by atoms with Gasteiger partial charge in [-0.1, -0.05) is 61.3 Å². The third-order valence-electron chi connectivity index (χ3n) is 6.78. The molecular weight excluding hydrogens is 593 g/mol. The topological polar surface area (TPSA) is 97.7 Å². The number of ether oxygens (including phenoxy) is 1. The molecule has 3 aromatic carbocycles. The van der Waals surface area contributed by atoms with Crippen LogP contribution >= 0.6 is 23.4 Å². The van der Waals surface area contributed by atoms with Crippen molar-refractivity contribution in [3.8, 4) is 0 Å². The van der Waals surface area contributed by atoms with Crippen molar-refractivity contribution < 1.29 is 28.3 Å². The molecule has 220 valence electrons. The fourth-order valence-corrected chi connectivity index (χ4v) is 5.62. The van der Waals surface area contributed by atoms with E-state index in [-0.39, 0.29) is 40.1 Å². The number of carbonyl (C=O) groups is 4. The second-order valence-corrected chi connectivity index (χ2v) is 11.2. The maximum absolute atomic E-state index is 14.3. The van der Waals surface area contributed by atoms with Crippen molar-refractivity contribution in [2.24, 2.45) is 0 Å². The van der Waals surface area contributed by atoms with E-state index >= 15 is 0 Å². The standard InChI is InChI=1S/C32H27ClFN3O5S/c1-2-3-14-42-31(40)24-16-22(12-13-25(24)33)35-29(38)19-37-30(39)28(43-32(37)41)15-21-18-36(27-11-7-5-9-23(21)27)17-20-8-4-6-10-26(20)34/h4-13,15-16,18H,2-3,14,17,19H2,1H3,(H,35,38)/b28-15-. The number of esters is 1. The number of nitrogens with zero attached hydrogens (tertiary/aromatic N) is 2. The van der Waals surface area contributed by atoms with Crippen molar-refractivity contribution in [3.05, 3.63) is 105 Å². The van der Waals surface area contributed by atoms with Gasteiger partial charge in [0.05, 0.1) is 28.6 Å². The molecule has 1 aliphatic rings. The van der Waals surface area contributed by atoms with Crippen LogP contribution in [-0.2, 0) is 20.9 Å². The van der Waals surface area contributed by atoms with E-state index in [1.165, 1.54) is 24.3 Å². The van der Waals surface area contributed by atoms with Gasteiger partial charge >= 0.3 is 5.97 Å². The summed E-state index contributed by atoms with van der Waals surface area (Å²) in [6, 6.07) is 18.4. The molecule has 1 aromatic heterocycles. The number of para-hydroxylation sites is 1. The fraction of sp³-hybridized carbons (Fsp3) is 0.188. The Bertz CT molecular complexity index is 1770. The highest BCUT2D eigenvalue weighted by molar-refractivity contribution is 8.18. The summed E-state index contributed by atoms with van der Waals surface area (Å²) in [6.07, 6.45) is 4.99. The molecule has 11 heteroatoms. The largest absolute Gasteiger partial charge is 0.462 e. The monoisotopic (exact) mass is 619 g/mol. The minimum atomic E-state index is -0.627. The van der Waals surface area contributed by atoms with Gasteiger partial charge in [-0.25, -0.2) is 9.18 Å².